The molecule has 1 saturated carbocycles. The van der Waals surface area contributed by atoms with Gasteiger partial charge < -0.3 is 20.9 Å². The monoisotopic (exact) mass is 642 g/mol. The molecule has 46 heavy (non-hydrogen) atoms. The number of aromatic nitrogens is 2. The molecule has 12 heteroatoms. The summed E-state index contributed by atoms with van der Waals surface area (Å²) in [5, 5.41) is 16.7. The molecule has 0 aliphatic heterocycles. The van der Waals surface area contributed by atoms with Crippen LogP contribution in [0.2, 0.25) is 5.02 Å². The second-order valence-electron chi connectivity index (χ2n) is 11.2. The summed E-state index contributed by atoms with van der Waals surface area (Å²) in [5.41, 5.74) is 7.06. The molecular weight excluding hydrogens is 612 g/mol. The molecule has 1 aliphatic carbocycles. The number of benzene rings is 3. The van der Waals surface area contributed by atoms with Crippen molar-refractivity contribution in [2.45, 2.75) is 44.1 Å². The molecule has 0 bridgehead atoms. The lowest BCUT2D eigenvalue weighted by molar-refractivity contribution is -0.126. The summed E-state index contributed by atoms with van der Waals surface area (Å²) in [6.45, 7) is 1.39. The predicted molar refractivity (Wildman–Crippen MR) is 171 cm³/mol. The first-order valence-electron chi connectivity index (χ1n) is 14.5. The maximum absolute atomic E-state index is 13.8. The molecule has 4 aromatic rings. The van der Waals surface area contributed by atoms with Gasteiger partial charge in [0.15, 0.2) is 5.78 Å². The molecule has 1 aromatic heterocycles. The molecule has 1 fully saturated rings. The predicted octanol–water partition coefficient (Wildman–Crippen LogP) is 4.80. The Morgan fingerprint density at radius 3 is 2.24 bits per heavy atom. The third kappa shape index (κ3) is 6.27. The summed E-state index contributed by atoms with van der Waals surface area (Å²) < 4.78 is 6.55. The first-order valence-corrected chi connectivity index (χ1v) is 14.8. The number of anilines is 1. The maximum Gasteiger partial charge on any atom is 0.335 e. The number of methoxy groups -OCH3 is 1. The van der Waals surface area contributed by atoms with Crippen molar-refractivity contribution in [3.8, 4) is 17.0 Å². The van der Waals surface area contributed by atoms with Crippen molar-refractivity contribution in [1.82, 2.24) is 9.78 Å². The second-order valence-corrected chi connectivity index (χ2v) is 11.6. The Hall–Kier alpha value is -5.29. The van der Waals surface area contributed by atoms with Gasteiger partial charge in [0.25, 0.3) is 5.56 Å². The Morgan fingerprint density at radius 1 is 1.02 bits per heavy atom. The van der Waals surface area contributed by atoms with Gasteiger partial charge in [0.05, 0.1) is 23.7 Å². The molecule has 1 unspecified atom stereocenters. The van der Waals surface area contributed by atoms with E-state index in [1.54, 1.807) is 36.4 Å². The third-order valence-corrected chi connectivity index (χ3v) is 8.61. The van der Waals surface area contributed by atoms with Crippen LogP contribution in [-0.4, -0.2) is 45.6 Å². The van der Waals surface area contributed by atoms with Crippen molar-refractivity contribution < 1.29 is 29.0 Å². The molecule has 0 saturated heterocycles. The number of carboxylic acid groups (broad SMARTS) is 1. The number of rotatable bonds is 11. The number of nitrogens with one attached hydrogen (secondary N) is 1. The first-order chi connectivity index (χ1) is 21.9. The van der Waals surface area contributed by atoms with Crippen molar-refractivity contribution >= 4 is 40.9 Å². The molecule has 236 valence electrons. The zero-order valence-corrected chi connectivity index (χ0v) is 25.8. The van der Waals surface area contributed by atoms with Crippen LogP contribution in [0.4, 0.5) is 5.69 Å². The van der Waals surface area contributed by atoms with Gasteiger partial charge in [-0.25, -0.2) is 9.48 Å². The van der Waals surface area contributed by atoms with Gasteiger partial charge in [-0.05, 0) is 78.9 Å². The van der Waals surface area contributed by atoms with Crippen LogP contribution < -0.4 is 21.3 Å². The van der Waals surface area contributed by atoms with Gasteiger partial charge in [0, 0.05) is 28.8 Å². The lowest BCUT2D eigenvalue weighted by Gasteiger charge is -2.39. The number of carbonyl (C=O) groups is 4. The fraction of sp³-hybridized carbons (Fsp3) is 0.235. The molecule has 3 aromatic carbocycles. The lowest BCUT2D eigenvalue weighted by Crippen LogP contribution is -2.46. The van der Waals surface area contributed by atoms with E-state index in [0.29, 0.717) is 40.2 Å². The van der Waals surface area contributed by atoms with Crippen LogP contribution in [0.5, 0.6) is 5.88 Å². The van der Waals surface area contributed by atoms with Crippen LogP contribution in [0.3, 0.4) is 0 Å². The van der Waals surface area contributed by atoms with Crippen molar-refractivity contribution in [1.29, 1.82) is 0 Å². The number of halogens is 1. The molecule has 1 aliphatic rings. The Morgan fingerprint density at radius 2 is 1.70 bits per heavy atom. The van der Waals surface area contributed by atoms with E-state index in [4.69, 9.17) is 22.1 Å². The molecule has 1 atom stereocenters. The van der Waals surface area contributed by atoms with Crippen LogP contribution in [0, 0.1) is 0 Å². The number of Topliss-reactive ketones (excluding diaryl/α,β-unsaturated/α-hetero) is 1. The zero-order chi connectivity index (χ0) is 33.2. The Labute approximate surface area is 269 Å². The van der Waals surface area contributed by atoms with Crippen molar-refractivity contribution in [2.24, 2.45) is 5.73 Å². The standard InChI is InChI=1S/C34H31ClN4O7/c1-19(40)25-13-10-23(35)17-26(25)27-18-29(41)39(38-31(27)46-2)28(30(42)37-24-11-6-21(7-12-24)32(43)44)16-20-4-8-22(9-5-20)34(33(36)45)14-3-15-34/h4-13,17-18,28H,3,14-16H2,1-2H3,(H2,36,45)(H,37,42)(H,43,44). The van der Waals surface area contributed by atoms with Crippen LogP contribution in [0.15, 0.2) is 77.6 Å². The minimum absolute atomic E-state index is 0.0169. The van der Waals surface area contributed by atoms with Crippen LogP contribution in [0.25, 0.3) is 11.1 Å². The van der Waals surface area contributed by atoms with E-state index >= 15 is 0 Å². The summed E-state index contributed by atoms with van der Waals surface area (Å²) >= 11 is 6.23. The fourth-order valence-electron chi connectivity index (χ4n) is 5.67. The van der Waals surface area contributed by atoms with E-state index in [0.717, 1.165) is 16.7 Å². The summed E-state index contributed by atoms with van der Waals surface area (Å²) in [4.78, 5) is 63.4. The highest BCUT2D eigenvalue weighted by atomic mass is 35.5. The molecule has 11 nitrogen and oxygen atoms in total. The number of nitrogens with two attached hydrogens (primary N) is 1. The third-order valence-electron chi connectivity index (χ3n) is 8.38. The highest BCUT2D eigenvalue weighted by molar-refractivity contribution is 6.31. The highest BCUT2D eigenvalue weighted by Gasteiger charge is 2.44. The number of carbonyl (C=O) groups excluding carboxylic acids is 3. The molecule has 4 N–H and O–H groups in total. The number of primary amides is 1. The van der Waals surface area contributed by atoms with Gasteiger partial charge >= 0.3 is 5.97 Å². The van der Waals surface area contributed by atoms with Gasteiger partial charge in [0.2, 0.25) is 17.7 Å². The van der Waals surface area contributed by atoms with Crippen molar-refractivity contribution in [3.63, 3.8) is 0 Å². The molecule has 1 heterocycles. The topological polar surface area (TPSA) is 171 Å². The molecule has 0 radical (unpaired) electrons. The molecular formula is C34H31ClN4O7. The van der Waals surface area contributed by atoms with E-state index in [9.17, 15) is 29.1 Å². The summed E-state index contributed by atoms with van der Waals surface area (Å²) in [7, 11) is 1.35. The first kappa shape index (κ1) is 32.1. The van der Waals surface area contributed by atoms with Gasteiger partial charge in [-0.2, -0.15) is 0 Å². The number of aromatic carboxylic acids is 1. The number of hydrogen-bond acceptors (Lipinski definition) is 7. The summed E-state index contributed by atoms with van der Waals surface area (Å²) in [6.07, 6.45) is 2.25. The number of carboxylic acids is 1. The maximum atomic E-state index is 13.8. The van der Waals surface area contributed by atoms with Crippen molar-refractivity contribution in [3.05, 3.63) is 110 Å². The van der Waals surface area contributed by atoms with E-state index in [2.05, 4.69) is 10.4 Å². The largest absolute Gasteiger partial charge is 0.480 e. The average Bonchev–Trinajstić information content (AvgIpc) is 3.00. The van der Waals surface area contributed by atoms with Gasteiger partial charge in [-0.1, -0.05) is 42.3 Å². The van der Waals surface area contributed by atoms with Gasteiger partial charge in [0.1, 0.15) is 6.04 Å². The number of ketones is 1. The highest BCUT2D eigenvalue weighted by Crippen LogP contribution is 2.43. The second kappa shape index (κ2) is 13.0. The van der Waals surface area contributed by atoms with Crippen LogP contribution >= 0.6 is 11.6 Å². The van der Waals surface area contributed by atoms with Crippen LogP contribution in [-0.2, 0) is 21.4 Å². The zero-order valence-electron chi connectivity index (χ0n) is 25.1. The van der Waals surface area contributed by atoms with Gasteiger partial charge in [-0.3, -0.25) is 19.2 Å². The van der Waals surface area contributed by atoms with E-state index < -0.39 is 28.9 Å². The SMILES string of the molecule is COc1nn(C(Cc2ccc(C3(C(N)=O)CCC3)cc2)C(=O)Nc2ccc(C(=O)O)cc2)c(=O)cc1-c1cc(Cl)ccc1C(C)=O. The Bertz CT molecular complexity index is 1900. The Kier molecular flexibility index (Phi) is 9.06. The minimum Gasteiger partial charge on any atom is -0.480 e. The Balaban J connectivity index is 1.56. The summed E-state index contributed by atoms with van der Waals surface area (Å²) in [6, 6.07) is 17.4. The minimum atomic E-state index is -1.19. The number of hydrogen-bond donors (Lipinski definition) is 3. The van der Waals surface area contributed by atoms with E-state index in [1.807, 2.05) is 0 Å². The molecule has 0 spiro atoms. The summed E-state index contributed by atoms with van der Waals surface area (Å²) in [5.74, 6) is -2.37. The fourth-order valence-corrected chi connectivity index (χ4v) is 5.84. The molecule has 2 amide bonds. The molecule has 5 rings (SSSR count). The average molecular weight is 643 g/mol. The van der Waals surface area contributed by atoms with Gasteiger partial charge in [-0.15, -0.1) is 5.10 Å². The number of ether oxygens (including phenoxy) is 1. The smallest absolute Gasteiger partial charge is 0.335 e. The lowest BCUT2D eigenvalue weighted by atomic mass is 9.64. The van der Waals surface area contributed by atoms with Crippen LogP contribution in [0.1, 0.15) is 64.1 Å². The normalized spacial score (nSPS) is 14.1. The number of nitrogens with zero attached hydrogens (tertiary/aromatic N) is 2. The van der Waals surface area contributed by atoms with E-state index in [1.165, 1.54) is 50.4 Å². The quantitative estimate of drug-likeness (QED) is 0.196. The van der Waals surface area contributed by atoms with E-state index in [-0.39, 0.29) is 35.1 Å². The number of amides is 2. The van der Waals surface area contributed by atoms with Crippen molar-refractivity contribution in [2.75, 3.05) is 12.4 Å².